The minimum Gasteiger partial charge on any atom is -0.453 e. The van der Waals surface area contributed by atoms with Crippen LogP contribution in [-0.4, -0.2) is 23.5 Å². The van der Waals surface area contributed by atoms with Crippen LogP contribution in [0.25, 0.3) is 17.0 Å². The van der Waals surface area contributed by atoms with E-state index in [4.69, 9.17) is 4.74 Å². The fourth-order valence-corrected chi connectivity index (χ4v) is 4.09. The molecule has 1 N–H and O–H groups in total. The van der Waals surface area contributed by atoms with E-state index in [0.717, 1.165) is 41.4 Å². The van der Waals surface area contributed by atoms with E-state index < -0.39 is 6.10 Å². The number of nitrogens with one attached hydrogen (secondary N) is 1. The second-order valence-electron chi connectivity index (χ2n) is 8.40. The average Bonchev–Trinajstić information content (AvgIpc) is 2.82. The molecule has 0 radical (unpaired) electrons. The van der Waals surface area contributed by atoms with Gasteiger partial charge in [-0.25, -0.2) is 4.79 Å². The van der Waals surface area contributed by atoms with E-state index in [1.54, 1.807) is 12.3 Å². The third-order valence-electron chi connectivity index (χ3n) is 6.10. The van der Waals surface area contributed by atoms with Gasteiger partial charge in [-0.05, 0) is 42.0 Å². The van der Waals surface area contributed by atoms with Crippen molar-refractivity contribution in [2.45, 2.75) is 31.9 Å². The number of pyridine rings is 1. The molecule has 1 fully saturated rings. The summed E-state index contributed by atoms with van der Waals surface area (Å²) >= 11 is 0. The Labute approximate surface area is 183 Å². The first-order chi connectivity index (χ1) is 15.1. The summed E-state index contributed by atoms with van der Waals surface area (Å²) in [5.74, 6) is -0.353. The zero-order valence-corrected chi connectivity index (χ0v) is 17.8. The number of hydrogen-bond acceptors (Lipinski definition) is 4. The number of nitrogens with zero attached hydrogens (tertiary/aromatic N) is 1. The Hall–Kier alpha value is -3.24. The van der Waals surface area contributed by atoms with Crippen LogP contribution in [0, 0.1) is 5.41 Å². The van der Waals surface area contributed by atoms with Crippen LogP contribution in [0.3, 0.4) is 0 Å². The SMILES string of the molecule is C=C[C@@]1(C)CC[C@H]([C@@H](OC(=O)/C=C/c2ccccc2)c2ccnc3ccccc23)NC1. The third kappa shape index (κ3) is 4.92. The Bertz CT molecular complexity index is 1080. The second kappa shape index (κ2) is 9.27. The molecular formula is C27H28N2O2. The highest BCUT2D eigenvalue weighted by Crippen LogP contribution is 2.36. The lowest BCUT2D eigenvalue weighted by molar-refractivity contribution is -0.145. The maximum Gasteiger partial charge on any atom is 0.331 e. The monoisotopic (exact) mass is 412 g/mol. The molecule has 2 aromatic carbocycles. The normalized spacial score (nSPS) is 22.3. The predicted octanol–water partition coefficient (Wildman–Crippen LogP) is 5.48. The number of esters is 1. The van der Waals surface area contributed by atoms with Crippen molar-refractivity contribution in [2.24, 2.45) is 5.41 Å². The maximum atomic E-state index is 12.8. The van der Waals surface area contributed by atoms with Crippen molar-refractivity contribution in [2.75, 3.05) is 6.54 Å². The summed E-state index contributed by atoms with van der Waals surface area (Å²) in [5, 5.41) is 4.62. The molecule has 158 valence electrons. The predicted molar refractivity (Wildman–Crippen MR) is 125 cm³/mol. The molecule has 1 aromatic heterocycles. The van der Waals surface area contributed by atoms with E-state index in [9.17, 15) is 4.79 Å². The molecule has 2 heterocycles. The molecule has 1 aliphatic heterocycles. The lowest BCUT2D eigenvalue weighted by Crippen LogP contribution is -2.47. The first kappa shape index (κ1) is 21.0. The number of piperidine rings is 1. The zero-order valence-electron chi connectivity index (χ0n) is 17.8. The van der Waals surface area contributed by atoms with E-state index in [0.29, 0.717) is 0 Å². The number of hydrogen-bond donors (Lipinski definition) is 1. The first-order valence-electron chi connectivity index (χ1n) is 10.7. The fourth-order valence-electron chi connectivity index (χ4n) is 4.09. The molecule has 0 unspecified atom stereocenters. The van der Waals surface area contributed by atoms with Crippen LogP contribution in [-0.2, 0) is 9.53 Å². The Morgan fingerprint density at radius 1 is 1.19 bits per heavy atom. The highest BCUT2D eigenvalue weighted by atomic mass is 16.5. The van der Waals surface area contributed by atoms with Gasteiger partial charge in [0.05, 0.1) is 5.52 Å². The van der Waals surface area contributed by atoms with Gasteiger partial charge >= 0.3 is 5.97 Å². The van der Waals surface area contributed by atoms with Gasteiger partial charge in [-0.3, -0.25) is 4.98 Å². The van der Waals surface area contributed by atoms with E-state index in [1.165, 1.54) is 6.08 Å². The Kier molecular flexibility index (Phi) is 6.28. The minimum absolute atomic E-state index is 0.0212. The van der Waals surface area contributed by atoms with E-state index >= 15 is 0 Å². The largest absolute Gasteiger partial charge is 0.453 e. The molecular weight excluding hydrogens is 384 g/mol. The van der Waals surface area contributed by atoms with Gasteiger partial charge in [0.2, 0.25) is 0 Å². The second-order valence-corrected chi connectivity index (χ2v) is 8.40. The molecule has 0 amide bonds. The minimum atomic E-state index is -0.407. The molecule has 4 rings (SSSR count). The summed E-state index contributed by atoms with van der Waals surface area (Å²) in [6.45, 7) is 6.99. The molecule has 0 saturated carbocycles. The summed E-state index contributed by atoms with van der Waals surface area (Å²) in [4.78, 5) is 17.3. The standard InChI is InChI=1S/C27H28N2O2/c1-3-27(2)17-15-24(29-19-27)26(22-16-18-28-23-12-8-7-11-21(22)23)31-25(30)14-13-20-9-5-4-6-10-20/h3-14,16,18,24,26,29H,1,15,17,19H2,2H3/b14-13+/t24-,26+,27+/m1/s1. The number of fused-ring (bicyclic) bond motifs is 1. The quantitative estimate of drug-likeness (QED) is 0.331. The zero-order chi connectivity index (χ0) is 21.7. The number of para-hydroxylation sites is 1. The van der Waals surface area contributed by atoms with Gasteiger partial charge in [-0.15, -0.1) is 6.58 Å². The molecule has 4 heteroatoms. The highest BCUT2D eigenvalue weighted by Gasteiger charge is 2.35. The summed E-state index contributed by atoms with van der Waals surface area (Å²) in [6, 6.07) is 19.7. The number of aromatic nitrogens is 1. The van der Waals surface area contributed by atoms with Crippen molar-refractivity contribution in [3.8, 4) is 0 Å². The smallest absolute Gasteiger partial charge is 0.331 e. The molecule has 3 atom stereocenters. The van der Waals surface area contributed by atoms with Gasteiger partial charge in [-0.2, -0.15) is 0 Å². The van der Waals surface area contributed by atoms with Gasteiger partial charge in [-0.1, -0.05) is 61.5 Å². The van der Waals surface area contributed by atoms with Gasteiger partial charge < -0.3 is 10.1 Å². The Morgan fingerprint density at radius 3 is 2.71 bits per heavy atom. The van der Waals surface area contributed by atoms with Crippen molar-refractivity contribution >= 4 is 22.9 Å². The molecule has 31 heavy (non-hydrogen) atoms. The van der Waals surface area contributed by atoms with Crippen molar-refractivity contribution in [1.29, 1.82) is 0 Å². The Morgan fingerprint density at radius 2 is 1.97 bits per heavy atom. The molecule has 0 aliphatic carbocycles. The van der Waals surface area contributed by atoms with Gasteiger partial charge in [0.25, 0.3) is 0 Å². The van der Waals surface area contributed by atoms with Crippen LogP contribution >= 0.6 is 0 Å². The number of benzene rings is 2. The number of carbonyl (C=O) groups is 1. The fraction of sp³-hybridized carbons (Fsp3) is 0.259. The topological polar surface area (TPSA) is 51.2 Å². The van der Waals surface area contributed by atoms with Gasteiger partial charge in [0, 0.05) is 35.8 Å². The van der Waals surface area contributed by atoms with E-state index in [2.05, 4.69) is 23.8 Å². The molecule has 1 aliphatic rings. The number of carbonyl (C=O) groups excluding carboxylic acids is 1. The summed E-state index contributed by atoms with van der Waals surface area (Å²) < 4.78 is 6.07. The number of ether oxygens (including phenoxy) is 1. The van der Waals surface area contributed by atoms with Crippen LogP contribution in [0.4, 0.5) is 0 Å². The van der Waals surface area contributed by atoms with Crippen LogP contribution in [0.15, 0.2) is 85.6 Å². The van der Waals surface area contributed by atoms with E-state index in [-0.39, 0.29) is 17.4 Å². The van der Waals surface area contributed by atoms with Crippen LogP contribution in [0.2, 0.25) is 0 Å². The number of rotatable bonds is 6. The molecule has 0 bridgehead atoms. The van der Waals surface area contributed by atoms with Gasteiger partial charge in [0.15, 0.2) is 0 Å². The third-order valence-corrected chi connectivity index (χ3v) is 6.10. The van der Waals surface area contributed by atoms with E-state index in [1.807, 2.05) is 66.7 Å². The lowest BCUT2D eigenvalue weighted by atomic mass is 9.79. The molecule has 3 aromatic rings. The molecule has 1 saturated heterocycles. The molecule has 0 spiro atoms. The lowest BCUT2D eigenvalue weighted by Gasteiger charge is -2.39. The molecule has 4 nitrogen and oxygen atoms in total. The summed E-state index contributed by atoms with van der Waals surface area (Å²) in [6.07, 6.45) is 8.56. The van der Waals surface area contributed by atoms with Crippen molar-refractivity contribution in [1.82, 2.24) is 10.3 Å². The maximum absolute atomic E-state index is 12.8. The average molecular weight is 413 g/mol. The highest BCUT2D eigenvalue weighted by molar-refractivity contribution is 5.88. The van der Waals surface area contributed by atoms with Crippen LogP contribution in [0.1, 0.15) is 37.0 Å². The van der Waals surface area contributed by atoms with Gasteiger partial charge in [0.1, 0.15) is 6.10 Å². The van der Waals surface area contributed by atoms with Crippen LogP contribution < -0.4 is 5.32 Å². The van der Waals surface area contributed by atoms with Crippen molar-refractivity contribution in [3.05, 3.63) is 96.7 Å². The summed E-state index contributed by atoms with van der Waals surface area (Å²) in [7, 11) is 0. The summed E-state index contributed by atoms with van der Waals surface area (Å²) in [5.41, 5.74) is 2.89. The van der Waals surface area contributed by atoms with Crippen LogP contribution in [0.5, 0.6) is 0 Å². The first-order valence-corrected chi connectivity index (χ1v) is 10.7. The van der Waals surface area contributed by atoms with Crippen molar-refractivity contribution in [3.63, 3.8) is 0 Å². The Balaban J connectivity index is 1.62. The van der Waals surface area contributed by atoms with Crippen molar-refractivity contribution < 1.29 is 9.53 Å².